The van der Waals surface area contributed by atoms with Gasteiger partial charge in [-0.3, -0.25) is 19.3 Å². The van der Waals surface area contributed by atoms with Crippen LogP contribution in [0, 0.1) is 23.7 Å². The van der Waals surface area contributed by atoms with Crippen LogP contribution in [-0.4, -0.2) is 38.4 Å². The van der Waals surface area contributed by atoms with Gasteiger partial charge >= 0.3 is 0 Å². The van der Waals surface area contributed by atoms with Crippen LogP contribution < -0.4 is 0 Å². The van der Waals surface area contributed by atoms with Gasteiger partial charge in [0.05, 0.1) is 18.4 Å². The monoisotopic (exact) mass is 418 g/mol. The average Bonchev–Trinajstić information content (AvgIpc) is 3.67. The van der Waals surface area contributed by atoms with E-state index in [1.807, 2.05) is 60.7 Å². The van der Waals surface area contributed by atoms with Crippen LogP contribution >= 0.6 is 0 Å². The van der Waals surface area contributed by atoms with Gasteiger partial charge in [0, 0.05) is 18.4 Å². The van der Waals surface area contributed by atoms with Crippen LogP contribution in [0.4, 0.5) is 0 Å². The predicted octanol–water partition coefficient (Wildman–Crippen LogP) is 2.56. The molecule has 0 spiro atoms. The van der Waals surface area contributed by atoms with Crippen molar-refractivity contribution in [2.24, 2.45) is 23.7 Å². The van der Waals surface area contributed by atoms with E-state index in [-0.39, 0.29) is 41.4 Å². The largest absolute Gasteiger partial charge is 0.371 e. The highest BCUT2D eigenvalue weighted by atomic mass is 16.3. The Hall–Kier alpha value is -2.99. The summed E-state index contributed by atoms with van der Waals surface area (Å²) in [6.45, 7) is 2.71. The van der Waals surface area contributed by atoms with Crippen molar-refractivity contribution in [1.29, 1.82) is 0 Å². The average molecular weight is 418 g/mol. The normalized spacial score (nSPS) is 32.4. The van der Waals surface area contributed by atoms with Crippen LogP contribution in [0.1, 0.15) is 30.9 Å². The number of hydrogen-bond donors (Lipinski definition) is 1. The molecule has 2 aliphatic heterocycles. The number of nitrogens with zero attached hydrogens (tertiary/aromatic N) is 2. The molecule has 4 aliphatic rings. The van der Waals surface area contributed by atoms with Crippen molar-refractivity contribution < 1.29 is 19.5 Å². The lowest BCUT2D eigenvalue weighted by molar-refractivity contribution is -0.151. The molecule has 6 nitrogen and oxygen atoms in total. The molecule has 160 valence electrons. The molecule has 0 aromatic heterocycles. The maximum atomic E-state index is 11.9. The van der Waals surface area contributed by atoms with Gasteiger partial charge in [0.25, 0.3) is 0 Å². The zero-order valence-electron chi connectivity index (χ0n) is 17.5. The van der Waals surface area contributed by atoms with E-state index in [0.717, 1.165) is 24.0 Å². The minimum Gasteiger partial charge on any atom is -0.371 e. The van der Waals surface area contributed by atoms with E-state index >= 15 is 0 Å². The molecule has 4 fully saturated rings. The van der Waals surface area contributed by atoms with Gasteiger partial charge in [0.15, 0.2) is 0 Å². The number of hydrogen-bond acceptors (Lipinski definition) is 4. The molecule has 2 saturated carbocycles. The first-order chi connectivity index (χ1) is 14.9. The molecule has 2 aromatic carbocycles. The van der Waals surface area contributed by atoms with Gasteiger partial charge < -0.3 is 10.0 Å². The van der Waals surface area contributed by atoms with Crippen molar-refractivity contribution in [2.75, 3.05) is 0 Å². The first-order valence-corrected chi connectivity index (χ1v) is 10.8. The quantitative estimate of drug-likeness (QED) is 0.774. The SMILES string of the molecule is CC1(O)C2CC2C(=O)N1Cc1ccccc1.O=C1C2CC2C(=O)N1Cc1ccccc1. The molecule has 0 radical (unpaired) electrons. The third-order valence-corrected chi connectivity index (χ3v) is 6.95. The Kier molecular flexibility index (Phi) is 4.70. The predicted molar refractivity (Wildman–Crippen MR) is 113 cm³/mol. The Labute approximate surface area is 181 Å². The number of amides is 3. The molecule has 31 heavy (non-hydrogen) atoms. The Morgan fingerprint density at radius 2 is 1.29 bits per heavy atom. The van der Waals surface area contributed by atoms with E-state index in [1.165, 1.54) is 4.90 Å². The van der Waals surface area contributed by atoms with E-state index in [2.05, 4.69) is 0 Å². The number of likely N-dealkylation sites (tertiary alicyclic amines) is 2. The van der Waals surface area contributed by atoms with Gasteiger partial charge in [-0.2, -0.15) is 0 Å². The van der Waals surface area contributed by atoms with Crippen LogP contribution in [0.15, 0.2) is 60.7 Å². The maximum absolute atomic E-state index is 11.9. The molecular weight excluding hydrogens is 392 g/mol. The summed E-state index contributed by atoms with van der Waals surface area (Å²) in [4.78, 5) is 38.3. The number of carbonyl (C=O) groups excluding carboxylic acids is 3. The Bertz CT molecular complexity index is 1000. The van der Waals surface area contributed by atoms with Crippen LogP contribution in [0.25, 0.3) is 0 Å². The summed E-state index contributed by atoms with van der Waals surface area (Å²) in [7, 11) is 0. The van der Waals surface area contributed by atoms with E-state index < -0.39 is 5.72 Å². The first-order valence-electron chi connectivity index (χ1n) is 10.8. The molecule has 0 bridgehead atoms. The number of imide groups is 1. The van der Waals surface area contributed by atoms with Gasteiger partial charge in [-0.15, -0.1) is 0 Å². The van der Waals surface area contributed by atoms with E-state index in [9.17, 15) is 19.5 Å². The molecule has 6 heteroatoms. The minimum absolute atomic E-state index is 0.0150. The zero-order chi connectivity index (χ0) is 21.8. The van der Waals surface area contributed by atoms with Gasteiger partial charge in [0.1, 0.15) is 5.72 Å². The van der Waals surface area contributed by atoms with Crippen molar-refractivity contribution in [3.8, 4) is 0 Å². The van der Waals surface area contributed by atoms with Crippen molar-refractivity contribution in [2.45, 2.75) is 38.6 Å². The number of rotatable bonds is 4. The molecule has 3 amide bonds. The van der Waals surface area contributed by atoms with Crippen LogP contribution in [0.2, 0.25) is 0 Å². The molecule has 1 N–H and O–H groups in total. The highest BCUT2D eigenvalue weighted by molar-refractivity contribution is 6.08. The molecule has 2 aliphatic carbocycles. The smallest absolute Gasteiger partial charge is 0.233 e. The molecule has 2 saturated heterocycles. The molecule has 2 aromatic rings. The van der Waals surface area contributed by atoms with E-state index in [1.54, 1.807) is 11.8 Å². The van der Waals surface area contributed by atoms with Gasteiger partial charge in [-0.25, -0.2) is 0 Å². The summed E-state index contributed by atoms with van der Waals surface area (Å²) >= 11 is 0. The molecule has 5 unspecified atom stereocenters. The van der Waals surface area contributed by atoms with Crippen LogP contribution in [-0.2, 0) is 27.5 Å². The standard InChI is InChI=1S/C13H15NO2.C12H11NO2/c1-13(16)11-7-10(11)12(15)14(13)8-9-5-3-2-4-6-9;14-11-9-6-10(9)12(15)13(11)7-8-4-2-1-3-5-8/h2-6,10-11,16H,7-8H2,1H3;1-5,9-10H,6-7H2. The maximum Gasteiger partial charge on any atom is 0.233 e. The van der Waals surface area contributed by atoms with Crippen LogP contribution in [0.3, 0.4) is 0 Å². The lowest BCUT2D eigenvalue weighted by atomic mass is 10.1. The number of fused-ring (bicyclic) bond motifs is 2. The van der Waals surface area contributed by atoms with Crippen molar-refractivity contribution in [3.05, 3.63) is 71.8 Å². The van der Waals surface area contributed by atoms with Crippen molar-refractivity contribution in [1.82, 2.24) is 9.80 Å². The summed E-state index contributed by atoms with van der Waals surface area (Å²) in [6.07, 6.45) is 1.64. The van der Waals surface area contributed by atoms with Crippen molar-refractivity contribution >= 4 is 17.7 Å². The summed E-state index contributed by atoms with van der Waals surface area (Å²) in [5.41, 5.74) is 1.13. The lowest BCUT2D eigenvalue weighted by Gasteiger charge is -2.33. The third-order valence-electron chi connectivity index (χ3n) is 6.95. The number of carbonyl (C=O) groups is 3. The summed E-state index contributed by atoms with van der Waals surface area (Å²) in [6, 6.07) is 19.4. The summed E-state index contributed by atoms with van der Waals surface area (Å²) < 4.78 is 0. The second kappa shape index (κ2) is 7.31. The molecular formula is C25H26N2O4. The van der Waals surface area contributed by atoms with Gasteiger partial charge in [-0.1, -0.05) is 60.7 Å². The fourth-order valence-corrected chi connectivity index (χ4v) is 4.87. The second-order valence-electron chi connectivity index (χ2n) is 9.15. The summed E-state index contributed by atoms with van der Waals surface area (Å²) in [5, 5.41) is 10.3. The molecule has 2 heterocycles. The van der Waals surface area contributed by atoms with E-state index in [4.69, 9.17) is 0 Å². The fourth-order valence-electron chi connectivity index (χ4n) is 4.87. The topological polar surface area (TPSA) is 77.9 Å². The molecule has 5 atom stereocenters. The Balaban J connectivity index is 0.000000132. The van der Waals surface area contributed by atoms with E-state index in [0.29, 0.717) is 13.1 Å². The van der Waals surface area contributed by atoms with Gasteiger partial charge in [-0.05, 0) is 30.9 Å². The van der Waals surface area contributed by atoms with Crippen molar-refractivity contribution in [3.63, 3.8) is 0 Å². The van der Waals surface area contributed by atoms with Crippen LogP contribution in [0.5, 0.6) is 0 Å². The van der Waals surface area contributed by atoms with Gasteiger partial charge in [0.2, 0.25) is 17.7 Å². The number of piperidine rings is 2. The first kappa shape index (κ1) is 19.9. The zero-order valence-corrected chi connectivity index (χ0v) is 17.5. The number of aliphatic hydroxyl groups is 1. The second-order valence-corrected chi connectivity index (χ2v) is 9.15. The highest BCUT2D eigenvalue weighted by Crippen LogP contribution is 2.55. The highest BCUT2D eigenvalue weighted by Gasteiger charge is 2.64. The Morgan fingerprint density at radius 1 is 0.774 bits per heavy atom. The Morgan fingerprint density at radius 3 is 1.77 bits per heavy atom. The number of benzene rings is 2. The lowest BCUT2D eigenvalue weighted by Crippen LogP contribution is -2.46. The fraction of sp³-hybridized carbons (Fsp3) is 0.400. The summed E-state index contributed by atoms with van der Waals surface area (Å²) in [5.74, 6) is 0.423. The minimum atomic E-state index is -0.947. The molecule has 6 rings (SSSR count). The third kappa shape index (κ3) is 3.55.